The molecule has 1 N–H and O–H groups in total. The van der Waals surface area contributed by atoms with Crippen LogP contribution in [0.5, 0.6) is 0 Å². The third kappa shape index (κ3) is 5.28. The van der Waals surface area contributed by atoms with Crippen LogP contribution in [0.15, 0.2) is 55.1 Å². The van der Waals surface area contributed by atoms with Crippen LogP contribution in [0.1, 0.15) is 34.3 Å². The van der Waals surface area contributed by atoms with Crippen LogP contribution in [0.25, 0.3) is 0 Å². The number of aromatic nitrogens is 3. The summed E-state index contributed by atoms with van der Waals surface area (Å²) in [4.78, 5) is 30.8. The Kier molecular flexibility index (Phi) is 6.26. The molecular weight excluding hydrogens is 394 g/mol. The van der Waals surface area contributed by atoms with Crippen LogP contribution < -0.4 is 10.2 Å². The van der Waals surface area contributed by atoms with Crippen molar-refractivity contribution in [1.29, 1.82) is 0 Å². The summed E-state index contributed by atoms with van der Waals surface area (Å²) in [5.41, 5.74) is 4.24. The van der Waals surface area contributed by atoms with E-state index >= 15 is 0 Å². The minimum atomic E-state index is -0.538. The Morgan fingerprint density at radius 3 is 2.55 bits per heavy atom. The van der Waals surface area contributed by atoms with Crippen LogP contribution in [0.3, 0.4) is 0 Å². The molecule has 1 aromatic heterocycles. The van der Waals surface area contributed by atoms with Gasteiger partial charge in [-0.15, -0.1) is 0 Å². The molecule has 0 spiro atoms. The van der Waals surface area contributed by atoms with E-state index in [-0.39, 0.29) is 12.5 Å². The van der Waals surface area contributed by atoms with Crippen molar-refractivity contribution in [1.82, 2.24) is 14.8 Å². The molecule has 0 bridgehead atoms. The number of benzene rings is 2. The number of anilines is 2. The average Bonchev–Trinajstić information content (AvgIpc) is 3.48. The highest BCUT2D eigenvalue weighted by molar-refractivity contribution is 5.96. The molecule has 0 aliphatic carbocycles. The van der Waals surface area contributed by atoms with Gasteiger partial charge in [-0.2, -0.15) is 5.10 Å². The van der Waals surface area contributed by atoms with Gasteiger partial charge in [0.25, 0.3) is 5.91 Å². The fourth-order valence-corrected chi connectivity index (χ4v) is 3.61. The third-order valence-electron chi connectivity index (χ3n) is 5.29. The number of hydrogen-bond donors (Lipinski definition) is 1. The summed E-state index contributed by atoms with van der Waals surface area (Å²) in [6.07, 6.45) is 5.53. The molecule has 3 aromatic rings. The summed E-state index contributed by atoms with van der Waals surface area (Å²) in [5, 5.41) is 6.87. The van der Waals surface area contributed by atoms with Crippen LogP contribution in [0, 0.1) is 6.92 Å². The second-order valence-electron chi connectivity index (χ2n) is 7.61. The highest BCUT2D eigenvalue weighted by Gasteiger charge is 2.15. The molecular formula is C23H25N5O3. The van der Waals surface area contributed by atoms with Gasteiger partial charge in [-0.1, -0.05) is 12.1 Å². The lowest BCUT2D eigenvalue weighted by atomic mass is 10.1. The minimum absolute atomic E-state index is 0.340. The van der Waals surface area contributed by atoms with Crippen LogP contribution >= 0.6 is 0 Å². The van der Waals surface area contributed by atoms with E-state index in [1.54, 1.807) is 23.1 Å². The first-order valence-corrected chi connectivity index (χ1v) is 10.3. The first-order valence-electron chi connectivity index (χ1n) is 10.3. The number of nitrogens with one attached hydrogen (secondary N) is 1. The topological polar surface area (TPSA) is 89.4 Å². The summed E-state index contributed by atoms with van der Waals surface area (Å²) < 4.78 is 6.86. The summed E-state index contributed by atoms with van der Waals surface area (Å²) in [5.74, 6) is -0.906. The molecule has 1 saturated heterocycles. The van der Waals surface area contributed by atoms with E-state index in [1.807, 2.05) is 31.2 Å². The molecule has 8 heteroatoms. The Labute approximate surface area is 180 Å². The number of ether oxygens (including phenoxy) is 1. The third-order valence-corrected chi connectivity index (χ3v) is 5.29. The predicted octanol–water partition coefficient (Wildman–Crippen LogP) is 3.03. The zero-order valence-electron chi connectivity index (χ0n) is 17.5. The molecule has 31 heavy (non-hydrogen) atoms. The van der Waals surface area contributed by atoms with Gasteiger partial charge in [0.05, 0.1) is 12.1 Å². The van der Waals surface area contributed by atoms with Gasteiger partial charge < -0.3 is 15.0 Å². The standard InChI is InChI=1S/C23H25N5O3/c1-17-12-20(27-10-2-3-11-27)8-9-21(17)26-22(29)14-31-23(30)19-6-4-18(5-7-19)13-28-16-24-15-25-28/h4-9,12,15-16H,2-3,10-11,13-14H2,1H3,(H,26,29). The zero-order valence-corrected chi connectivity index (χ0v) is 17.5. The van der Waals surface area contributed by atoms with Crippen molar-refractivity contribution in [2.24, 2.45) is 0 Å². The molecule has 1 aliphatic heterocycles. The van der Waals surface area contributed by atoms with Crippen LogP contribution in [-0.4, -0.2) is 46.3 Å². The molecule has 1 aliphatic rings. The van der Waals surface area contributed by atoms with E-state index in [9.17, 15) is 9.59 Å². The number of amides is 1. The number of carbonyl (C=O) groups is 2. The van der Waals surface area contributed by atoms with E-state index in [0.29, 0.717) is 12.1 Å². The Bertz CT molecular complexity index is 1040. The van der Waals surface area contributed by atoms with Gasteiger partial charge in [-0.3, -0.25) is 4.79 Å². The summed E-state index contributed by atoms with van der Waals surface area (Å²) >= 11 is 0. The number of rotatable bonds is 7. The lowest BCUT2D eigenvalue weighted by Crippen LogP contribution is -2.22. The second kappa shape index (κ2) is 9.42. The fourth-order valence-electron chi connectivity index (χ4n) is 3.61. The van der Waals surface area contributed by atoms with E-state index in [2.05, 4.69) is 26.4 Å². The molecule has 8 nitrogen and oxygen atoms in total. The molecule has 0 radical (unpaired) electrons. The molecule has 0 saturated carbocycles. The minimum Gasteiger partial charge on any atom is -0.452 e. The molecule has 4 rings (SSSR count). The van der Waals surface area contributed by atoms with Gasteiger partial charge in [-0.25, -0.2) is 14.5 Å². The van der Waals surface area contributed by atoms with Gasteiger partial charge in [-0.05, 0) is 61.2 Å². The maximum Gasteiger partial charge on any atom is 0.338 e. The molecule has 0 atom stereocenters. The first-order chi connectivity index (χ1) is 15.1. The Hall–Kier alpha value is -3.68. The smallest absolute Gasteiger partial charge is 0.338 e. The Balaban J connectivity index is 1.27. The predicted molar refractivity (Wildman–Crippen MR) is 117 cm³/mol. The average molecular weight is 419 g/mol. The first kappa shape index (κ1) is 20.6. The number of esters is 1. The number of nitrogens with zero attached hydrogens (tertiary/aromatic N) is 4. The van der Waals surface area contributed by atoms with Gasteiger partial charge in [0, 0.05) is 24.5 Å². The van der Waals surface area contributed by atoms with E-state index < -0.39 is 5.97 Å². The molecule has 2 heterocycles. The SMILES string of the molecule is Cc1cc(N2CCCC2)ccc1NC(=O)COC(=O)c1ccc(Cn2cncn2)cc1. The molecule has 2 aromatic carbocycles. The zero-order chi connectivity index (χ0) is 21.6. The van der Waals surface area contributed by atoms with Crippen molar-refractivity contribution in [3.8, 4) is 0 Å². The van der Waals surface area contributed by atoms with Crippen molar-refractivity contribution in [2.75, 3.05) is 29.9 Å². The summed E-state index contributed by atoms with van der Waals surface area (Å²) in [6, 6.07) is 13.0. The Morgan fingerprint density at radius 2 is 1.87 bits per heavy atom. The molecule has 1 amide bonds. The lowest BCUT2D eigenvalue weighted by molar-refractivity contribution is -0.119. The van der Waals surface area contributed by atoms with Crippen LogP contribution in [-0.2, 0) is 16.1 Å². The normalized spacial score (nSPS) is 13.3. The number of aryl methyl sites for hydroxylation is 1. The van der Waals surface area contributed by atoms with Crippen molar-refractivity contribution in [3.63, 3.8) is 0 Å². The molecule has 1 fully saturated rings. The van der Waals surface area contributed by atoms with E-state index in [0.717, 1.165) is 29.9 Å². The maximum atomic E-state index is 12.3. The highest BCUT2D eigenvalue weighted by Crippen LogP contribution is 2.25. The summed E-state index contributed by atoms with van der Waals surface area (Å²) in [6.45, 7) is 4.33. The van der Waals surface area contributed by atoms with Crippen LogP contribution in [0.2, 0.25) is 0 Å². The van der Waals surface area contributed by atoms with Crippen LogP contribution in [0.4, 0.5) is 11.4 Å². The van der Waals surface area contributed by atoms with E-state index in [1.165, 1.54) is 24.9 Å². The van der Waals surface area contributed by atoms with Crippen molar-refractivity contribution in [3.05, 3.63) is 71.8 Å². The molecule has 0 unspecified atom stereocenters. The van der Waals surface area contributed by atoms with Gasteiger partial charge in [0.15, 0.2) is 6.61 Å². The summed E-state index contributed by atoms with van der Waals surface area (Å²) in [7, 11) is 0. The van der Waals surface area contributed by atoms with Crippen molar-refractivity contribution in [2.45, 2.75) is 26.3 Å². The highest BCUT2D eigenvalue weighted by atomic mass is 16.5. The number of hydrogen-bond acceptors (Lipinski definition) is 6. The fraction of sp³-hybridized carbons (Fsp3) is 0.304. The quantitative estimate of drug-likeness (QED) is 0.592. The monoisotopic (exact) mass is 419 g/mol. The maximum absolute atomic E-state index is 12.3. The van der Waals surface area contributed by atoms with Gasteiger partial charge >= 0.3 is 5.97 Å². The van der Waals surface area contributed by atoms with Crippen molar-refractivity contribution < 1.29 is 14.3 Å². The second-order valence-corrected chi connectivity index (χ2v) is 7.61. The number of carbonyl (C=O) groups excluding carboxylic acids is 2. The largest absolute Gasteiger partial charge is 0.452 e. The van der Waals surface area contributed by atoms with E-state index in [4.69, 9.17) is 4.74 Å². The van der Waals surface area contributed by atoms with Crippen molar-refractivity contribution >= 4 is 23.3 Å². The molecule has 160 valence electrons. The Morgan fingerprint density at radius 1 is 1.10 bits per heavy atom. The lowest BCUT2D eigenvalue weighted by Gasteiger charge is -2.19. The van der Waals surface area contributed by atoms with Gasteiger partial charge in [0.1, 0.15) is 12.7 Å². The van der Waals surface area contributed by atoms with Gasteiger partial charge in [0.2, 0.25) is 0 Å².